The zero-order chi connectivity index (χ0) is 14.7. The maximum Gasteiger partial charge on any atom is 0.253 e. The third-order valence-corrected chi connectivity index (χ3v) is 4.40. The minimum Gasteiger partial charge on any atom is -0.375 e. The van der Waals surface area contributed by atoms with Crippen LogP contribution in [0.15, 0.2) is 18.2 Å². The normalized spacial score (nSPS) is 12.6. The van der Waals surface area contributed by atoms with Gasteiger partial charge in [0, 0.05) is 18.7 Å². The summed E-state index contributed by atoms with van der Waals surface area (Å²) in [6, 6.07) is 5.60. The number of fused-ring (bicyclic) bond motifs is 1. The molecule has 2 N–H and O–H groups in total. The van der Waals surface area contributed by atoms with E-state index in [1.807, 2.05) is 30.0 Å². The van der Waals surface area contributed by atoms with Crippen LogP contribution >= 0.6 is 11.3 Å². The predicted octanol–water partition coefficient (Wildman–Crippen LogP) is 3.39. The first kappa shape index (κ1) is 14.8. The molecule has 0 radical (unpaired) electrons. The van der Waals surface area contributed by atoms with Crippen LogP contribution in [0.25, 0.3) is 10.2 Å². The van der Waals surface area contributed by atoms with Crippen LogP contribution in [-0.4, -0.2) is 28.9 Å². The Morgan fingerprint density at radius 2 is 2.20 bits per heavy atom. The van der Waals surface area contributed by atoms with Crippen LogP contribution in [-0.2, 0) is 0 Å². The highest BCUT2D eigenvalue weighted by Crippen LogP contribution is 2.25. The van der Waals surface area contributed by atoms with Crippen molar-refractivity contribution in [1.82, 2.24) is 9.88 Å². The number of thiazole rings is 1. The van der Waals surface area contributed by atoms with E-state index in [0.29, 0.717) is 16.6 Å². The Bertz CT molecular complexity index is 608. The van der Waals surface area contributed by atoms with Gasteiger partial charge in [-0.2, -0.15) is 0 Å². The van der Waals surface area contributed by atoms with Gasteiger partial charge >= 0.3 is 0 Å². The fraction of sp³-hybridized carbons (Fsp3) is 0.467. The largest absolute Gasteiger partial charge is 0.375 e. The van der Waals surface area contributed by atoms with Crippen molar-refractivity contribution in [3.05, 3.63) is 23.8 Å². The second-order valence-electron chi connectivity index (χ2n) is 5.09. The lowest BCUT2D eigenvalue weighted by Gasteiger charge is -2.24. The fourth-order valence-electron chi connectivity index (χ4n) is 2.12. The van der Waals surface area contributed by atoms with Crippen molar-refractivity contribution >= 4 is 32.6 Å². The van der Waals surface area contributed by atoms with Gasteiger partial charge in [0.15, 0.2) is 5.13 Å². The molecule has 0 aliphatic heterocycles. The Morgan fingerprint density at radius 1 is 1.45 bits per heavy atom. The fourth-order valence-corrected chi connectivity index (χ4v) is 2.89. The Morgan fingerprint density at radius 3 is 2.85 bits per heavy atom. The number of carbonyl (C=O) groups excluding carboxylic acids is 1. The molecule has 1 aromatic carbocycles. The van der Waals surface area contributed by atoms with E-state index in [1.54, 1.807) is 0 Å². The van der Waals surface area contributed by atoms with Crippen molar-refractivity contribution in [2.45, 2.75) is 27.2 Å². The lowest BCUT2D eigenvalue weighted by molar-refractivity contribution is 0.0741. The number of aromatic nitrogens is 1. The summed E-state index contributed by atoms with van der Waals surface area (Å²) in [7, 11) is 0. The Kier molecular flexibility index (Phi) is 4.60. The Labute approximate surface area is 123 Å². The van der Waals surface area contributed by atoms with Gasteiger partial charge in [-0.25, -0.2) is 4.98 Å². The molecule has 108 valence electrons. The molecule has 1 amide bonds. The molecule has 2 rings (SSSR count). The maximum absolute atomic E-state index is 12.6. The first-order valence-corrected chi connectivity index (χ1v) is 7.82. The molecule has 0 aliphatic rings. The number of amides is 1. The number of nitrogens with zero attached hydrogens (tertiary/aromatic N) is 2. The van der Waals surface area contributed by atoms with Crippen molar-refractivity contribution in [3.8, 4) is 0 Å². The molecule has 0 bridgehead atoms. The van der Waals surface area contributed by atoms with Crippen molar-refractivity contribution < 1.29 is 4.79 Å². The summed E-state index contributed by atoms with van der Waals surface area (Å²) in [6.45, 7) is 7.86. The monoisotopic (exact) mass is 291 g/mol. The number of hydrogen-bond acceptors (Lipinski definition) is 4. The maximum atomic E-state index is 12.6. The quantitative estimate of drug-likeness (QED) is 0.918. The van der Waals surface area contributed by atoms with Crippen LogP contribution in [0.4, 0.5) is 5.13 Å². The third kappa shape index (κ3) is 3.10. The molecule has 1 atom stereocenters. The van der Waals surface area contributed by atoms with Crippen LogP contribution < -0.4 is 5.73 Å². The molecule has 4 nitrogen and oxygen atoms in total. The first-order chi connectivity index (χ1) is 9.55. The molecule has 0 aliphatic carbocycles. The van der Waals surface area contributed by atoms with E-state index < -0.39 is 0 Å². The number of rotatable bonds is 5. The standard InChI is InChI=1S/C15H21N3OS/c1-4-10(3)9-18(5-2)14(19)11-6-7-12-13(8-11)20-15(16)17-12/h6-8,10H,4-5,9H2,1-3H3,(H2,16,17). The molecular weight excluding hydrogens is 270 g/mol. The summed E-state index contributed by atoms with van der Waals surface area (Å²) in [6.07, 6.45) is 1.08. The lowest BCUT2D eigenvalue weighted by atomic mass is 10.1. The smallest absolute Gasteiger partial charge is 0.253 e. The first-order valence-electron chi connectivity index (χ1n) is 7.00. The number of nitrogen functional groups attached to an aromatic ring is 1. The van der Waals surface area contributed by atoms with Gasteiger partial charge in [-0.3, -0.25) is 4.79 Å². The summed E-state index contributed by atoms with van der Waals surface area (Å²) in [5.74, 6) is 0.600. The molecule has 20 heavy (non-hydrogen) atoms. The zero-order valence-electron chi connectivity index (χ0n) is 12.2. The molecule has 1 unspecified atom stereocenters. The van der Waals surface area contributed by atoms with E-state index in [0.717, 1.165) is 29.7 Å². The highest BCUT2D eigenvalue weighted by molar-refractivity contribution is 7.22. The van der Waals surface area contributed by atoms with Gasteiger partial charge in [-0.05, 0) is 31.0 Å². The van der Waals surface area contributed by atoms with Gasteiger partial charge in [0.25, 0.3) is 5.91 Å². The summed E-state index contributed by atoms with van der Waals surface area (Å²) in [5, 5.41) is 0.538. The lowest BCUT2D eigenvalue weighted by Crippen LogP contribution is -2.34. The van der Waals surface area contributed by atoms with Gasteiger partial charge in [0.05, 0.1) is 10.2 Å². The second kappa shape index (κ2) is 6.22. The Hall–Kier alpha value is -1.62. The van der Waals surface area contributed by atoms with Crippen LogP contribution in [0.1, 0.15) is 37.6 Å². The summed E-state index contributed by atoms with van der Waals surface area (Å²) >= 11 is 1.42. The van der Waals surface area contributed by atoms with E-state index >= 15 is 0 Å². The highest BCUT2D eigenvalue weighted by Gasteiger charge is 2.17. The number of nitrogens with two attached hydrogens (primary N) is 1. The molecule has 2 aromatic rings. The van der Waals surface area contributed by atoms with Crippen molar-refractivity contribution in [2.75, 3.05) is 18.8 Å². The minimum atomic E-state index is 0.0849. The van der Waals surface area contributed by atoms with E-state index in [-0.39, 0.29) is 5.91 Å². The summed E-state index contributed by atoms with van der Waals surface area (Å²) in [4.78, 5) is 18.7. The Balaban J connectivity index is 2.24. The number of carbonyl (C=O) groups is 1. The van der Waals surface area contributed by atoms with Gasteiger partial charge in [-0.15, -0.1) is 0 Å². The molecular formula is C15H21N3OS. The molecule has 1 aromatic heterocycles. The van der Waals surface area contributed by atoms with Crippen LogP contribution in [0.2, 0.25) is 0 Å². The minimum absolute atomic E-state index is 0.0849. The summed E-state index contributed by atoms with van der Waals surface area (Å²) < 4.78 is 0.966. The van der Waals surface area contributed by atoms with E-state index in [1.165, 1.54) is 11.3 Å². The SMILES string of the molecule is CCC(C)CN(CC)C(=O)c1ccc2nc(N)sc2c1. The van der Waals surface area contributed by atoms with Crippen LogP contribution in [0.3, 0.4) is 0 Å². The van der Waals surface area contributed by atoms with Crippen LogP contribution in [0, 0.1) is 5.92 Å². The molecule has 0 spiro atoms. The van der Waals surface area contributed by atoms with Crippen molar-refractivity contribution in [1.29, 1.82) is 0 Å². The van der Waals surface area contributed by atoms with Crippen LogP contribution in [0.5, 0.6) is 0 Å². The van der Waals surface area contributed by atoms with Gasteiger partial charge in [-0.1, -0.05) is 31.6 Å². The topological polar surface area (TPSA) is 59.2 Å². The van der Waals surface area contributed by atoms with E-state index in [2.05, 4.69) is 18.8 Å². The van der Waals surface area contributed by atoms with Gasteiger partial charge in [0.1, 0.15) is 0 Å². The average Bonchev–Trinajstić information content (AvgIpc) is 2.82. The second-order valence-corrected chi connectivity index (χ2v) is 6.15. The molecule has 5 heteroatoms. The average molecular weight is 291 g/mol. The molecule has 0 saturated heterocycles. The van der Waals surface area contributed by atoms with Gasteiger partial charge in [0.2, 0.25) is 0 Å². The number of benzene rings is 1. The molecule has 1 heterocycles. The van der Waals surface area contributed by atoms with Gasteiger partial charge < -0.3 is 10.6 Å². The zero-order valence-corrected chi connectivity index (χ0v) is 13.0. The predicted molar refractivity (Wildman–Crippen MR) is 85.1 cm³/mol. The number of hydrogen-bond donors (Lipinski definition) is 1. The molecule has 0 fully saturated rings. The highest BCUT2D eigenvalue weighted by atomic mass is 32.1. The van der Waals surface area contributed by atoms with Crippen molar-refractivity contribution in [2.24, 2.45) is 5.92 Å². The van der Waals surface area contributed by atoms with Crippen molar-refractivity contribution in [3.63, 3.8) is 0 Å². The summed E-state index contributed by atoms with van der Waals surface area (Å²) in [5.41, 5.74) is 7.27. The number of anilines is 1. The van der Waals surface area contributed by atoms with E-state index in [9.17, 15) is 4.79 Å². The third-order valence-electron chi connectivity index (χ3n) is 3.55. The molecule has 0 saturated carbocycles. The van der Waals surface area contributed by atoms with E-state index in [4.69, 9.17) is 5.73 Å².